The molecule has 1 aliphatic heterocycles. The molecule has 6 nitrogen and oxygen atoms in total. The summed E-state index contributed by atoms with van der Waals surface area (Å²) >= 11 is 5.86. The van der Waals surface area contributed by atoms with Crippen molar-refractivity contribution in [1.82, 2.24) is 15.0 Å². The minimum absolute atomic E-state index is 0.111. The molecule has 1 saturated carbocycles. The van der Waals surface area contributed by atoms with Gasteiger partial charge >= 0.3 is 0 Å². The van der Waals surface area contributed by atoms with Crippen molar-refractivity contribution in [2.45, 2.75) is 31.1 Å². The molecule has 2 aliphatic rings. The quantitative estimate of drug-likeness (QED) is 0.872. The van der Waals surface area contributed by atoms with Gasteiger partial charge in [0.2, 0.25) is 11.1 Å². The van der Waals surface area contributed by atoms with Gasteiger partial charge in [-0.05, 0) is 36.9 Å². The predicted molar refractivity (Wildman–Crippen MR) is 73.3 cm³/mol. The smallest absolute Gasteiger partial charge is 0.258 e. The average molecular weight is 308 g/mol. The second-order valence-corrected chi connectivity index (χ2v) is 5.95. The molecule has 4 rings (SSSR count). The number of hydrogen-bond acceptors (Lipinski definition) is 5. The Balaban J connectivity index is 1.46. The van der Waals surface area contributed by atoms with Crippen LogP contribution in [0.3, 0.4) is 0 Å². The molecule has 0 aromatic carbocycles. The van der Waals surface area contributed by atoms with E-state index in [4.69, 9.17) is 20.5 Å². The van der Waals surface area contributed by atoms with Crippen LogP contribution in [-0.4, -0.2) is 34.0 Å². The van der Waals surface area contributed by atoms with Crippen molar-refractivity contribution >= 4 is 17.5 Å². The molecule has 0 radical (unpaired) electrons. The van der Waals surface area contributed by atoms with E-state index < -0.39 is 0 Å². The Morgan fingerprint density at radius 1 is 1.33 bits per heavy atom. The Kier molecular flexibility index (Phi) is 2.99. The lowest BCUT2D eigenvalue weighted by Crippen LogP contribution is -2.28. The van der Waals surface area contributed by atoms with Crippen molar-refractivity contribution in [3.63, 3.8) is 0 Å². The van der Waals surface area contributed by atoms with Crippen LogP contribution in [0, 0.1) is 0 Å². The number of furan rings is 1. The van der Waals surface area contributed by atoms with Crippen LogP contribution in [0.2, 0.25) is 5.22 Å². The second-order valence-electron chi connectivity index (χ2n) is 5.61. The van der Waals surface area contributed by atoms with E-state index in [9.17, 15) is 4.79 Å². The molecule has 1 amide bonds. The van der Waals surface area contributed by atoms with Crippen molar-refractivity contribution < 1.29 is 13.7 Å². The predicted octanol–water partition coefficient (Wildman–Crippen LogP) is 2.82. The molecule has 7 heteroatoms. The number of halogens is 1. The molecule has 3 heterocycles. The number of likely N-dealkylation sites (tertiary alicyclic amines) is 1. The Hall–Kier alpha value is -1.82. The van der Waals surface area contributed by atoms with Crippen molar-refractivity contribution in [2.24, 2.45) is 0 Å². The first-order valence-corrected chi connectivity index (χ1v) is 7.46. The Morgan fingerprint density at radius 2 is 2.19 bits per heavy atom. The van der Waals surface area contributed by atoms with Gasteiger partial charge in [0, 0.05) is 19.0 Å². The SMILES string of the molecule is O=C(c1ccoc1Cl)N1CCC(c2nc(C3CC3)no2)C1. The summed E-state index contributed by atoms with van der Waals surface area (Å²) < 4.78 is 10.3. The van der Waals surface area contributed by atoms with Crippen LogP contribution in [0.1, 0.15) is 53.2 Å². The van der Waals surface area contributed by atoms with Gasteiger partial charge in [-0.1, -0.05) is 5.16 Å². The maximum Gasteiger partial charge on any atom is 0.258 e. The molecule has 1 saturated heterocycles. The fourth-order valence-corrected chi connectivity index (χ4v) is 2.88. The van der Waals surface area contributed by atoms with E-state index in [0.29, 0.717) is 30.5 Å². The highest BCUT2D eigenvalue weighted by molar-refractivity contribution is 6.32. The van der Waals surface area contributed by atoms with Crippen molar-refractivity contribution in [1.29, 1.82) is 0 Å². The molecule has 21 heavy (non-hydrogen) atoms. The maximum atomic E-state index is 12.3. The molecule has 2 aromatic rings. The van der Waals surface area contributed by atoms with Crippen LogP contribution in [-0.2, 0) is 0 Å². The highest BCUT2D eigenvalue weighted by atomic mass is 35.5. The lowest BCUT2D eigenvalue weighted by molar-refractivity contribution is 0.0789. The van der Waals surface area contributed by atoms with E-state index >= 15 is 0 Å². The maximum absolute atomic E-state index is 12.3. The monoisotopic (exact) mass is 307 g/mol. The summed E-state index contributed by atoms with van der Waals surface area (Å²) in [4.78, 5) is 18.6. The zero-order chi connectivity index (χ0) is 14.4. The number of carbonyl (C=O) groups is 1. The zero-order valence-corrected chi connectivity index (χ0v) is 12.0. The molecule has 1 atom stereocenters. The van der Waals surface area contributed by atoms with E-state index in [1.165, 1.54) is 6.26 Å². The Bertz CT molecular complexity index is 677. The lowest BCUT2D eigenvalue weighted by Gasteiger charge is -2.14. The topological polar surface area (TPSA) is 72.4 Å². The van der Waals surface area contributed by atoms with Crippen molar-refractivity contribution in [2.75, 3.05) is 13.1 Å². The Morgan fingerprint density at radius 3 is 2.90 bits per heavy atom. The van der Waals surface area contributed by atoms with Crippen molar-refractivity contribution in [3.05, 3.63) is 34.8 Å². The summed E-state index contributed by atoms with van der Waals surface area (Å²) in [5.41, 5.74) is 0.404. The third-order valence-corrected chi connectivity index (χ3v) is 4.37. The normalized spacial score (nSPS) is 22.0. The van der Waals surface area contributed by atoms with Crippen LogP contribution < -0.4 is 0 Å². The molecule has 110 valence electrons. The fourth-order valence-electron chi connectivity index (χ4n) is 2.68. The summed E-state index contributed by atoms with van der Waals surface area (Å²) in [5, 5.41) is 4.17. The van der Waals surface area contributed by atoms with Gasteiger partial charge in [-0.25, -0.2) is 0 Å². The van der Waals surface area contributed by atoms with Crippen LogP contribution in [0.25, 0.3) is 0 Å². The first-order valence-electron chi connectivity index (χ1n) is 7.08. The van der Waals surface area contributed by atoms with Gasteiger partial charge in [-0.2, -0.15) is 4.98 Å². The summed E-state index contributed by atoms with van der Waals surface area (Å²) in [6, 6.07) is 1.59. The van der Waals surface area contributed by atoms with Crippen LogP contribution in [0.5, 0.6) is 0 Å². The highest BCUT2D eigenvalue weighted by Gasteiger charge is 2.35. The third kappa shape index (κ3) is 2.33. The first-order chi connectivity index (χ1) is 10.2. The minimum atomic E-state index is -0.113. The summed E-state index contributed by atoms with van der Waals surface area (Å²) in [5.74, 6) is 1.93. The zero-order valence-electron chi connectivity index (χ0n) is 11.3. The van der Waals surface area contributed by atoms with Gasteiger partial charge in [-0.15, -0.1) is 0 Å². The van der Waals surface area contributed by atoms with Gasteiger partial charge in [0.15, 0.2) is 5.82 Å². The van der Waals surface area contributed by atoms with Gasteiger partial charge in [0.05, 0.1) is 17.7 Å². The fraction of sp³-hybridized carbons (Fsp3) is 0.500. The molecule has 1 aliphatic carbocycles. The largest absolute Gasteiger partial charge is 0.452 e. The number of nitrogens with zero attached hydrogens (tertiary/aromatic N) is 3. The van der Waals surface area contributed by atoms with Gasteiger partial charge in [-0.3, -0.25) is 4.79 Å². The van der Waals surface area contributed by atoms with Crippen LogP contribution >= 0.6 is 11.6 Å². The minimum Gasteiger partial charge on any atom is -0.452 e. The van der Waals surface area contributed by atoms with E-state index in [1.54, 1.807) is 11.0 Å². The highest BCUT2D eigenvalue weighted by Crippen LogP contribution is 2.39. The van der Waals surface area contributed by atoms with Crippen LogP contribution in [0.15, 0.2) is 21.3 Å². The standard InChI is InChI=1S/C14H14ClN3O3/c15-11-10(4-6-20-11)14(19)18-5-3-9(7-18)13-16-12(17-21-13)8-1-2-8/h4,6,8-9H,1-3,5,7H2. The first kappa shape index (κ1) is 12.9. The summed E-state index contributed by atoms with van der Waals surface area (Å²) in [6.45, 7) is 1.23. The summed E-state index contributed by atoms with van der Waals surface area (Å²) in [7, 11) is 0. The number of aromatic nitrogens is 2. The number of amides is 1. The van der Waals surface area contributed by atoms with E-state index in [1.807, 2.05) is 0 Å². The van der Waals surface area contributed by atoms with E-state index in [0.717, 1.165) is 25.1 Å². The van der Waals surface area contributed by atoms with E-state index in [-0.39, 0.29) is 17.0 Å². The van der Waals surface area contributed by atoms with Gasteiger partial charge < -0.3 is 13.8 Å². The van der Waals surface area contributed by atoms with E-state index in [2.05, 4.69) is 10.1 Å². The van der Waals surface area contributed by atoms with Gasteiger partial charge in [0.25, 0.3) is 5.91 Å². The average Bonchev–Trinajstić information content (AvgIpc) is 2.94. The summed E-state index contributed by atoms with van der Waals surface area (Å²) in [6.07, 6.45) is 4.54. The molecule has 0 spiro atoms. The number of rotatable bonds is 3. The Labute approximate surface area is 126 Å². The number of carbonyl (C=O) groups excluding carboxylic acids is 1. The van der Waals surface area contributed by atoms with Gasteiger partial charge in [0.1, 0.15) is 0 Å². The molecular formula is C14H14ClN3O3. The molecule has 2 aromatic heterocycles. The molecular weight excluding hydrogens is 294 g/mol. The molecule has 0 N–H and O–H groups in total. The number of hydrogen-bond donors (Lipinski definition) is 0. The molecule has 0 bridgehead atoms. The molecule has 1 unspecified atom stereocenters. The second kappa shape index (κ2) is 4.87. The molecule has 2 fully saturated rings. The van der Waals surface area contributed by atoms with Crippen molar-refractivity contribution in [3.8, 4) is 0 Å². The van der Waals surface area contributed by atoms with Crippen LogP contribution in [0.4, 0.5) is 0 Å². The third-order valence-electron chi connectivity index (χ3n) is 4.07. The lowest BCUT2D eigenvalue weighted by atomic mass is 10.1.